The van der Waals surface area contributed by atoms with Gasteiger partial charge in [-0.05, 0) is 31.9 Å². The molecule has 3 N–H and O–H groups in total. The number of nitrogens with zero attached hydrogens (tertiary/aromatic N) is 1. The molecule has 1 amide bonds. The molecule has 0 aliphatic rings. The molecule has 1 unspecified atom stereocenters. The number of benzene rings is 1. The van der Waals surface area contributed by atoms with Crippen molar-refractivity contribution < 1.29 is 14.7 Å². The van der Waals surface area contributed by atoms with E-state index in [-0.39, 0.29) is 23.2 Å². The van der Waals surface area contributed by atoms with Crippen LogP contribution in [-0.4, -0.2) is 27.0 Å². The quantitative estimate of drug-likeness (QED) is 0.652. The van der Waals surface area contributed by atoms with Gasteiger partial charge < -0.3 is 15.4 Å². The molecule has 1 aromatic carbocycles. The first kappa shape index (κ1) is 17.2. The molecule has 3 aromatic rings. The molecule has 2 aromatic heterocycles. The van der Waals surface area contributed by atoms with Crippen LogP contribution in [0.15, 0.2) is 24.4 Å². The minimum absolute atomic E-state index is 0.125. The maximum absolute atomic E-state index is 12.4. The zero-order chi connectivity index (χ0) is 18.1. The number of nitrogens with one attached hydrogen (secondary N) is 2. The standard InChI is InChI=1S/C18H19N3O3S/c1-9-5-4-6-13-12(8-19-15(9)13)7-14(22)20-11(3)17-21-10(2)16(25-17)18(23)24/h4-6,8,11,19H,7H2,1-3H3,(H,20,22)(H,23,24). The van der Waals surface area contributed by atoms with E-state index in [9.17, 15) is 9.59 Å². The highest BCUT2D eigenvalue weighted by Gasteiger charge is 2.19. The van der Waals surface area contributed by atoms with Gasteiger partial charge in [-0.2, -0.15) is 0 Å². The summed E-state index contributed by atoms with van der Waals surface area (Å²) in [5, 5.41) is 13.6. The molecular weight excluding hydrogens is 338 g/mol. The number of carboxylic acid groups (broad SMARTS) is 1. The van der Waals surface area contributed by atoms with Gasteiger partial charge in [-0.3, -0.25) is 4.79 Å². The van der Waals surface area contributed by atoms with E-state index >= 15 is 0 Å². The second-order valence-electron chi connectivity index (χ2n) is 6.05. The first-order valence-electron chi connectivity index (χ1n) is 7.92. The Balaban J connectivity index is 1.72. The fourth-order valence-corrected chi connectivity index (χ4v) is 3.75. The molecule has 3 rings (SSSR count). The summed E-state index contributed by atoms with van der Waals surface area (Å²) in [5.74, 6) is -1.12. The molecule has 0 spiro atoms. The minimum atomic E-state index is -0.992. The van der Waals surface area contributed by atoms with Crippen molar-refractivity contribution in [3.05, 3.63) is 51.1 Å². The molecule has 6 nitrogen and oxygen atoms in total. The molecule has 0 radical (unpaired) electrons. The van der Waals surface area contributed by atoms with Gasteiger partial charge in [0.05, 0.1) is 18.2 Å². The molecule has 130 valence electrons. The Bertz CT molecular complexity index is 958. The Morgan fingerprint density at radius 1 is 1.36 bits per heavy atom. The van der Waals surface area contributed by atoms with Crippen LogP contribution in [0.1, 0.15) is 44.5 Å². The highest BCUT2D eigenvalue weighted by atomic mass is 32.1. The fourth-order valence-electron chi connectivity index (χ4n) is 2.84. The number of fused-ring (bicyclic) bond motifs is 1. The van der Waals surface area contributed by atoms with E-state index in [0.29, 0.717) is 10.7 Å². The zero-order valence-electron chi connectivity index (χ0n) is 14.2. The average molecular weight is 357 g/mol. The second-order valence-corrected chi connectivity index (χ2v) is 7.08. The highest BCUT2D eigenvalue weighted by Crippen LogP contribution is 2.24. The number of H-pyrrole nitrogens is 1. The van der Waals surface area contributed by atoms with E-state index < -0.39 is 5.97 Å². The number of aromatic amines is 1. The maximum Gasteiger partial charge on any atom is 0.347 e. The molecule has 0 saturated carbocycles. The van der Waals surface area contributed by atoms with Crippen LogP contribution in [0.2, 0.25) is 0 Å². The van der Waals surface area contributed by atoms with Gasteiger partial charge in [-0.1, -0.05) is 18.2 Å². The van der Waals surface area contributed by atoms with E-state index in [1.807, 2.05) is 31.3 Å². The highest BCUT2D eigenvalue weighted by molar-refractivity contribution is 7.13. The third-order valence-corrected chi connectivity index (χ3v) is 5.44. The normalized spacial score (nSPS) is 12.3. The van der Waals surface area contributed by atoms with E-state index in [4.69, 9.17) is 5.11 Å². The number of para-hydroxylation sites is 1. The molecule has 25 heavy (non-hydrogen) atoms. The number of aryl methyl sites for hydroxylation is 2. The van der Waals surface area contributed by atoms with Gasteiger partial charge in [0.1, 0.15) is 9.88 Å². The molecule has 0 bridgehead atoms. The maximum atomic E-state index is 12.4. The van der Waals surface area contributed by atoms with Crippen LogP contribution in [0.25, 0.3) is 10.9 Å². The lowest BCUT2D eigenvalue weighted by Gasteiger charge is -2.11. The molecule has 0 aliphatic carbocycles. The van der Waals surface area contributed by atoms with Crippen LogP contribution >= 0.6 is 11.3 Å². The first-order valence-corrected chi connectivity index (χ1v) is 8.74. The molecule has 0 saturated heterocycles. The van der Waals surface area contributed by atoms with E-state index in [1.54, 1.807) is 13.8 Å². The number of aromatic nitrogens is 2. The largest absolute Gasteiger partial charge is 0.477 e. The van der Waals surface area contributed by atoms with Gasteiger partial charge in [-0.25, -0.2) is 9.78 Å². The van der Waals surface area contributed by atoms with Crippen molar-refractivity contribution in [3.63, 3.8) is 0 Å². The zero-order valence-corrected chi connectivity index (χ0v) is 15.0. The van der Waals surface area contributed by atoms with Crippen molar-refractivity contribution in [1.29, 1.82) is 0 Å². The summed E-state index contributed by atoms with van der Waals surface area (Å²) in [7, 11) is 0. The van der Waals surface area contributed by atoms with Crippen molar-refractivity contribution in [1.82, 2.24) is 15.3 Å². The Morgan fingerprint density at radius 2 is 2.12 bits per heavy atom. The smallest absolute Gasteiger partial charge is 0.347 e. The van der Waals surface area contributed by atoms with Gasteiger partial charge in [0.15, 0.2) is 0 Å². The Hall–Kier alpha value is -2.67. The monoisotopic (exact) mass is 357 g/mol. The molecule has 0 fully saturated rings. The summed E-state index contributed by atoms with van der Waals surface area (Å²) in [4.78, 5) is 31.2. The lowest BCUT2D eigenvalue weighted by atomic mass is 10.1. The van der Waals surface area contributed by atoms with Crippen LogP contribution in [0.5, 0.6) is 0 Å². The number of hydrogen-bond donors (Lipinski definition) is 3. The van der Waals surface area contributed by atoms with E-state index in [1.165, 1.54) is 0 Å². The average Bonchev–Trinajstić information content (AvgIpc) is 3.12. The van der Waals surface area contributed by atoms with Gasteiger partial charge in [-0.15, -0.1) is 11.3 Å². The SMILES string of the molecule is Cc1nc(C(C)NC(=O)Cc2c[nH]c3c(C)cccc23)sc1C(=O)O. The lowest BCUT2D eigenvalue weighted by molar-refractivity contribution is -0.121. The summed E-state index contributed by atoms with van der Waals surface area (Å²) in [6.07, 6.45) is 2.11. The number of carbonyl (C=O) groups is 2. The van der Waals surface area contributed by atoms with Gasteiger partial charge >= 0.3 is 5.97 Å². The summed E-state index contributed by atoms with van der Waals surface area (Å²) in [5.41, 5.74) is 3.59. The predicted molar refractivity (Wildman–Crippen MR) is 97.1 cm³/mol. The van der Waals surface area contributed by atoms with Crippen molar-refractivity contribution in [3.8, 4) is 0 Å². The van der Waals surface area contributed by atoms with Crippen LogP contribution in [-0.2, 0) is 11.2 Å². The fraction of sp³-hybridized carbons (Fsp3) is 0.278. The summed E-state index contributed by atoms with van der Waals surface area (Å²) >= 11 is 1.10. The molecule has 2 heterocycles. The Kier molecular flexibility index (Phi) is 4.59. The number of carbonyl (C=O) groups excluding carboxylic acids is 1. The third kappa shape index (κ3) is 3.41. The molecule has 1 atom stereocenters. The second kappa shape index (κ2) is 6.68. The number of thiazole rings is 1. The molecule has 0 aliphatic heterocycles. The number of rotatable bonds is 5. The van der Waals surface area contributed by atoms with E-state index in [0.717, 1.165) is 33.4 Å². The Morgan fingerprint density at radius 3 is 2.80 bits per heavy atom. The van der Waals surface area contributed by atoms with E-state index in [2.05, 4.69) is 15.3 Å². The van der Waals surface area contributed by atoms with Crippen LogP contribution in [0.4, 0.5) is 0 Å². The summed E-state index contributed by atoms with van der Waals surface area (Å²) in [6, 6.07) is 5.65. The summed E-state index contributed by atoms with van der Waals surface area (Å²) < 4.78 is 0. The van der Waals surface area contributed by atoms with Gasteiger partial charge in [0.25, 0.3) is 0 Å². The number of amides is 1. The van der Waals surface area contributed by atoms with Crippen LogP contribution in [0.3, 0.4) is 0 Å². The van der Waals surface area contributed by atoms with Crippen molar-refractivity contribution in [2.75, 3.05) is 0 Å². The van der Waals surface area contributed by atoms with Crippen LogP contribution < -0.4 is 5.32 Å². The topological polar surface area (TPSA) is 95.1 Å². The van der Waals surface area contributed by atoms with Gasteiger partial charge in [0.2, 0.25) is 5.91 Å². The van der Waals surface area contributed by atoms with Gasteiger partial charge in [0, 0.05) is 17.1 Å². The third-order valence-electron chi connectivity index (χ3n) is 4.12. The molecule has 7 heteroatoms. The summed E-state index contributed by atoms with van der Waals surface area (Å²) in [6.45, 7) is 5.49. The van der Waals surface area contributed by atoms with Crippen molar-refractivity contribution in [2.24, 2.45) is 0 Å². The number of aromatic carboxylic acids is 1. The number of carboxylic acids is 1. The predicted octanol–water partition coefficient (Wildman–Crippen LogP) is 3.36. The van der Waals surface area contributed by atoms with Crippen molar-refractivity contribution in [2.45, 2.75) is 33.2 Å². The number of hydrogen-bond acceptors (Lipinski definition) is 4. The molecular formula is C18H19N3O3S. The lowest BCUT2D eigenvalue weighted by Crippen LogP contribution is -2.28. The minimum Gasteiger partial charge on any atom is -0.477 e. The Labute approximate surface area is 148 Å². The van der Waals surface area contributed by atoms with Crippen LogP contribution in [0, 0.1) is 13.8 Å². The van der Waals surface area contributed by atoms with Crippen molar-refractivity contribution >= 4 is 34.1 Å². The first-order chi connectivity index (χ1) is 11.9.